The molecule has 0 aliphatic heterocycles. The molecule has 2 aromatic heterocycles. The fourth-order valence-electron chi connectivity index (χ4n) is 2.38. The molecule has 0 unspecified atom stereocenters. The Balaban J connectivity index is 1.39. The van der Waals surface area contributed by atoms with Gasteiger partial charge in [-0.2, -0.15) is 0 Å². The van der Waals surface area contributed by atoms with E-state index in [0.29, 0.717) is 11.4 Å². The molecule has 2 aromatic carbocycles. The predicted octanol–water partition coefficient (Wildman–Crippen LogP) is 4.77. The molecule has 0 saturated heterocycles. The number of nitrogens with one attached hydrogen (secondary N) is 1. The van der Waals surface area contributed by atoms with Crippen LogP contribution in [0.15, 0.2) is 65.7 Å². The second-order valence-corrected chi connectivity index (χ2v) is 7.65. The number of halogens is 1. The normalized spacial score (nSPS) is 10.9. The van der Waals surface area contributed by atoms with E-state index < -0.39 is 0 Å². The van der Waals surface area contributed by atoms with Gasteiger partial charge in [0, 0.05) is 11.1 Å². The lowest BCUT2D eigenvalue weighted by molar-refractivity contribution is 0.102. The number of carbonyl (C=O) groups is 1. The zero-order chi connectivity index (χ0) is 18.6. The minimum absolute atomic E-state index is 0.265. The minimum atomic E-state index is -0.362. The third-order valence-corrected chi connectivity index (χ3v) is 5.73. The lowest BCUT2D eigenvalue weighted by atomic mass is 10.2. The molecule has 1 amide bonds. The number of anilines is 1. The molecule has 1 N–H and O–H groups in total. The first-order chi connectivity index (χ1) is 13.2. The molecule has 0 radical (unpaired) electrons. The summed E-state index contributed by atoms with van der Waals surface area (Å²) < 4.78 is 12.9. The molecule has 2 heterocycles. The summed E-state index contributed by atoms with van der Waals surface area (Å²) in [6, 6.07) is 17.5. The summed E-state index contributed by atoms with van der Waals surface area (Å²) in [4.78, 5) is 16.8. The summed E-state index contributed by atoms with van der Waals surface area (Å²) in [6.45, 7) is 0. The van der Waals surface area contributed by atoms with Gasteiger partial charge in [0.1, 0.15) is 10.8 Å². The van der Waals surface area contributed by atoms with Crippen molar-refractivity contribution in [3.05, 3.63) is 76.5 Å². The average Bonchev–Trinajstić information content (AvgIpc) is 3.17. The third-order valence-electron chi connectivity index (χ3n) is 3.68. The molecule has 134 valence electrons. The van der Waals surface area contributed by atoms with Crippen molar-refractivity contribution < 1.29 is 9.18 Å². The Hall–Kier alpha value is -2.84. The molecule has 0 aliphatic rings. The number of fused-ring (bicyclic) bond motifs is 1. The highest BCUT2D eigenvalue weighted by Gasteiger charge is 2.13. The monoisotopic (exact) mass is 396 g/mol. The van der Waals surface area contributed by atoms with Crippen molar-refractivity contribution in [2.45, 2.75) is 10.8 Å². The number of nitrogens with zero attached hydrogens (tertiary/aromatic N) is 3. The van der Waals surface area contributed by atoms with Crippen molar-refractivity contribution in [1.29, 1.82) is 0 Å². The van der Waals surface area contributed by atoms with Crippen molar-refractivity contribution in [2.75, 3.05) is 5.32 Å². The van der Waals surface area contributed by atoms with E-state index in [9.17, 15) is 9.18 Å². The van der Waals surface area contributed by atoms with E-state index in [1.165, 1.54) is 35.6 Å². The van der Waals surface area contributed by atoms with E-state index in [-0.39, 0.29) is 16.7 Å². The first-order valence-electron chi connectivity index (χ1n) is 8.05. The highest BCUT2D eigenvalue weighted by molar-refractivity contribution is 7.98. The smallest absolute Gasteiger partial charge is 0.286 e. The van der Waals surface area contributed by atoms with Gasteiger partial charge in [0.25, 0.3) is 5.91 Å². The summed E-state index contributed by atoms with van der Waals surface area (Å²) in [5.41, 5.74) is 1.45. The second-order valence-electron chi connectivity index (χ2n) is 5.59. The number of benzene rings is 2. The van der Waals surface area contributed by atoms with Crippen molar-refractivity contribution in [1.82, 2.24) is 15.2 Å². The molecule has 0 bridgehead atoms. The van der Waals surface area contributed by atoms with Crippen molar-refractivity contribution in [3.8, 4) is 0 Å². The van der Waals surface area contributed by atoms with Crippen LogP contribution >= 0.6 is 23.1 Å². The van der Waals surface area contributed by atoms with Crippen LogP contribution in [-0.4, -0.2) is 21.1 Å². The van der Waals surface area contributed by atoms with Crippen LogP contribution in [0.2, 0.25) is 0 Å². The SMILES string of the molecule is O=C(Nc1ccc(F)cc1)c1nnc(CSc2ccc3ccccc3n2)s1. The molecule has 0 saturated carbocycles. The molecule has 5 nitrogen and oxygen atoms in total. The van der Waals surface area contributed by atoms with Crippen LogP contribution in [0.3, 0.4) is 0 Å². The van der Waals surface area contributed by atoms with E-state index in [4.69, 9.17) is 0 Å². The number of carbonyl (C=O) groups excluding carboxylic acids is 1. The van der Waals surface area contributed by atoms with Crippen LogP contribution in [0.1, 0.15) is 14.8 Å². The molecule has 0 atom stereocenters. The first-order valence-corrected chi connectivity index (χ1v) is 9.85. The Morgan fingerprint density at radius 2 is 1.85 bits per heavy atom. The number of aromatic nitrogens is 3. The number of para-hydroxylation sites is 1. The molecule has 0 aliphatic carbocycles. The van der Waals surface area contributed by atoms with Gasteiger partial charge in [-0.05, 0) is 36.4 Å². The van der Waals surface area contributed by atoms with E-state index in [1.807, 2.05) is 36.4 Å². The third kappa shape index (κ3) is 4.29. The highest BCUT2D eigenvalue weighted by Crippen LogP contribution is 2.25. The van der Waals surface area contributed by atoms with E-state index in [1.54, 1.807) is 11.8 Å². The van der Waals surface area contributed by atoms with Crippen LogP contribution < -0.4 is 5.32 Å². The number of rotatable bonds is 5. The van der Waals surface area contributed by atoms with Crippen molar-refractivity contribution in [2.24, 2.45) is 0 Å². The molecule has 8 heteroatoms. The van der Waals surface area contributed by atoms with E-state index in [0.717, 1.165) is 20.9 Å². The molecular weight excluding hydrogens is 383 g/mol. The Bertz CT molecular complexity index is 1100. The lowest BCUT2D eigenvalue weighted by Crippen LogP contribution is -2.11. The van der Waals surface area contributed by atoms with Gasteiger partial charge in [0.2, 0.25) is 5.01 Å². The first kappa shape index (κ1) is 17.6. The summed E-state index contributed by atoms with van der Waals surface area (Å²) in [6.07, 6.45) is 0. The average molecular weight is 396 g/mol. The van der Waals surface area contributed by atoms with E-state index >= 15 is 0 Å². The Morgan fingerprint density at radius 3 is 2.70 bits per heavy atom. The number of thioether (sulfide) groups is 1. The maximum Gasteiger partial charge on any atom is 0.286 e. The molecular formula is C19H13FN4OS2. The van der Waals surface area contributed by atoms with Crippen LogP contribution in [0, 0.1) is 5.82 Å². The fraction of sp³-hybridized carbons (Fsp3) is 0.0526. The van der Waals surface area contributed by atoms with Gasteiger partial charge >= 0.3 is 0 Å². The molecule has 0 fully saturated rings. The summed E-state index contributed by atoms with van der Waals surface area (Å²) in [5, 5.41) is 13.7. The Morgan fingerprint density at radius 1 is 1.04 bits per heavy atom. The standard InChI is InChI=1S/C19H13FN4OS2/c20-13-6-8-14(9-7-13)21-18(25)19-24-23-17(27-19)11-26-16-10-5-12-3-1-2-4-15(12)22-16/h1-10H,11H2,(H,21,25). The zero-order valence-electron chi connectivity index (χ0n) is 13.9. The number of hydrogen-bond donors (Lipinski definition) is 1. The molecule has 27 heavy (non-hydrogen) atoms. The summed E-state index contributed by atoms with van der Waals surface area (Å²) in [5.74, 6) is -0.142. The summed E-state index contributed by atoms with van der Waals surface area (Å²) in [7, 11) is 0. The number of amides is 1. The maximum atomic E-state index is 12.9. The molecule has 4 aromatic rings. The van der Waals surface area contributed by atoms with Gasteiger partial charge in [-0.3, -0.25) is 4.79 Å². The molecule has 4 rings (SSSR count). The van der Waals surface area contributed by atoms with Crippen molar-refractivity contribution in [3.63, 3.8) is 0 Å². The van der Waals surface area contributed by atoms with Crippen LogP contribution in [0.5, 0.6) is 0 Å². The Labute approximate surface area is 162 Å². The van der Waals surface area contributed by atoms with Gasteiger partial charge in [-0.1, -0.05) is 47.4 Å². The van der Waals surface area contributed by atoms with Gasteiger partial charge < -0.3 is 5.32 Å². The largest absolute Gasteiger partial charge is 0.320 e. The van der Waals surface area contributed by atoms with Crippen LogP contribution in [0.4, 0.5) is 10.1 Å². The van der Waals surface area contributed by atoms with Gasteiger partial charge in [0.15, 0.2) is 0 Å². The van der Waals surface area contributed by atoms with Gasteiger partial charge in [0.05, 0.1) is 16.3 Å². The minimum Gasteiger partial charge on any atom is -0.320 e. The van der Waals surface area contributed by atoms with Crippen LogP contribution in [-0.2, 0) is 5.75 Å². The van der Waals surface area contributed by atoms with Gasteiger partial charge in [-0.25, -0.2) is 9.37 Å². The van der Waals surface area contributed by atoms with E-state index in [2.05, 4.69) is 20.5 Å². The number of pyridine rings is 1. The quantitative estimate of drug-likeness (QED) is 0.492. The van der Waals surface area contributed by atoms with Crippen LogP contribution in [0.25, 0.3) is 10.9 Å². The van der Waals surface area contributed by atoms with Crippen molar-refractivity contribution >= 4 is 45.6 Å². The summed E-state index contributed by atoms with van der Waals surface area (Å²) >= 11 is 2.77. The Kier molecular flexibility index (Phi) is 5.08. The molecule has 0 spiro atoms. The number of hydrogen-bond acceptors (Lipinski definition) is 6. The highest BCUT2D eigenvalue weighted by atomic mass is 32.2. The topological polar surface area (TPSA) is 67.8 Å². The maximum absolute atomic E-state index is 12.9. The zero-order valence-corrected chi connectivity index (χ0v) is 15.6. The lowest BCUT2D eigenvalue weighted by Gasteiger charge is -2.02. The van der Waals surface area contributed by atoms with Gasteiger partial charge in [-0.15, -0.1) is 10.2 Å². The second kappa shape index (κ2) is 7.81. The predicted molar refractivity (Wildman–Crippen MR) is 106 cm³/mol. The fourth-order valence-corrected chi connectivity index (χ4v) is 3.98.